The van der Waals surface area contributed by atoms with E-state index in [2.05, 4.69) is 15.5 Å². The van der Waals surface area contributed by atoms with E-state index in [0.717, 1.165) is 15.2 Å². The van der Waals surface area contributed by atoms with Crippen LogP contribution in [0.25, 0.3) is 15.2 Å². The number of thiazole rings is 1. The van der Waals surface area contributed by atoms with Crippen molar-refractivity contribution in [2.75, 3.05) is 12.4 Å². The first kappa shape index (κ1) is 19.2. The molecule has 0 unspecified atom stereocenters. The highest BCUT2D eigenvalue weighted by molar-refractivity contribution is 8.00. The van der Waals surface area contributed by atoms with Gasteiger partial charge in [0.2, 0.25) is 10.9 Å². The predicted molar refractivity (Wildman–Crippen MR) is 112 cm³/mol. The summed E-state index contributed by atoms with van der Waals surface area (Å²) in [5.74, 6) is 0.0138. The molecule has 0 saturated carbocycles. The standard InChI is InChI=1S/C18H15N5O4S2/c1-10(16(24)19-12-9-11(23(25)26)7-8-14(12)27-2)28-17-20-21-18-22(17)13-5-3-4-6-15(13)29-18/h3-10H,1-2H3,(H,19,24)/t10-/m0/s1. The Labute approximate surface area is 172 Å². The van der Waals surface area contributed by atoms with Crippen LogP contribution >= 0.6 is 23.1 Å². The summed E-state index contributed by atoms with van der Waals surface area (Å²) in [7, 11) is 1.43. The number of nitro groups is 1. The molecule has 0 radical (unpaired) electrons. The van der Waals surface area contributed by atoms with Gasteiger partial charge in [-0.25, -0.2) is 0 Å². The Bertz CT molecular complexity index is 1240. The third-order valence-corrected chi connectivity index (χ3v) is 6.27. The van der Waals surface area contributed by atoms with Gasteiger partial charge in [0, 0.05) is 12.1 Å². The Hall–Kier alpha value is -3.18. The van der Waals surface area contributed by atoms with Gasteiger partial charge >= 0.3 is 0 Å². The Morgan fingerprint density at radius 2 is 2.10 bits per heavy atom. The molecule has 0 saturated heterocycles. The summed E-state index contributed by atoms with van der Waals surface area (Å²) in [5, 5.41) is 22.2. The van der Waals surface area contributed by atoms with Crippen molar-refractivity contribution in [3.05, 3.63) is 52.6 Å². The Morgan fingerprint density at radius 1 is 1.31 bits per heavy atom. The molecule has 0 bridgehead atoms. The summed E-state index contributed by atoms with van der Waals surface area (Å²) in [6.45, 7) is 1.74. The van der Waals surface area contributed by atoms with Crippen molar-refractivity contribution in [3.63, 3.8) is 0 Å². The molecule has 9 nitrogen and oxygen atoms in total. The topological polar surface area (TPSA) is 112 Å². The SMILES string of the molecule is COc1ccc([N+](=O)[O-])cc1NC(=O)[C@H](C)Sc1nnc2sc3ccccc3n12. The Morgan fingerprint density at radius 3 is 2.86 bits per heavy atom. The molecule has 4 aromatic rings. The molecule has 0 spiro atoms. The molecule has 2 aromatic carbocycles. The van der Waals surface area contributed by atoms with E-state index >= 15 is 0 Å². The van der Waals surface area contributed by atoms with Gasteiger partial charge in [0.05, 0.1) is 33.2 Å². The fourth-order valence-electron chi connectivity index (χ4n) is 2.78. The van der Waals surface area contributed by atoms with Gasteiger partial charge in [-0.3, -0.25) is 19.3 Å². The number of nitrogens with zero attached hydrogens (tertiary/aromatic N) is 4. The van der Waals surface area contributed by atoms with Crippen molar-refractivity contribution in [2.45, 2.75) is 17.3 Å². The van der Waals surface area contributed by atoms with Crippen molar-refractivity contribution < 1.29 is 14.5 Å². The van der Waals surface area contributed by atoms with Crippen molar-refractivity contribution in [3.8, 4) is 5.75 Å². The van der Waals surface area contributed by atoms with Gasteiger partial charge in [-0.1, -0.05) is 35.2 Å². The lowest BCUT2D eigenvalue weighted by Crippen LogP contribution is -2.23. The monoisotopic (exact) mass is 429 g/mol. The zero-order valence-electron chi connectivity index (χ0n) is 15.4. The molecule has 4 rings (SSSR count). The molecule has 29 heavy (non-hydrogen) atoms. The summed E-state index contributed by atoms with van der Waals surface area (Å²) in [6.07, 6.45) is 0. The fraction of sp³-hybridized carbons (Fsp3) is 0.167. The fourth-order valence-corrected chi connectivity index (χ4v) is 4.67. The summed E-state index contributed by atoms with van der Waals surface area (Å²) in [4.78, 5) is 24.0. The highest BCUT2D eigenvalue weighted by atomic mass is 32.2. The minimum Gasteiger partial charge on any atom is -0.495 e. The Balaban J connectivity index is 1.57. The first-order valence-corrected chi connectivity index (χ1v) is 10.2. The number of ether oxygens (including phenoxy) is 1. The van der Waals surface area contributed by atoms with Crippen LogP contribution in [0, 0.1) is 10.1 Å². The number of aromatic nitrogens is 3. The predicted octanol–water partition coefficient (Wildman–Crippen LogP) is 3.98. The maximum absolute atomic E-state index is 12.7. The number of benzene rings is 2. The van der Waals surface area contributed by atoms with Gasteiger partial charge < -0.3 is 10.1 Å². The molecule has 0 fully saturated rings. The molecule has 1 N–H and O–H groups in total. The summed E-state index contributed by atoms with van der Waals surface area (Å²) >= 11 is 2.78. The number of methoxy groups -OCH3 is 1. The first-order chi connectivity index (χ1) is 14.0. The minimum atomic E-state index is -0.526. The van der Waals surface area contributed by atoms with E-state index < -0.39 is 10.2 Å². The number of anilines is 1. The molecule has 0 aliphatic rings. The van der Waals surface area contributed by atoms with Crippen LogP contribution in [0.5, 0.6) is 5.75 Å². The van der Waals surface area contributed by atoms with E-state index in [-0.39, 0.29) is 17.3 Å². The van der Waals surface area contributed by atoms with E-state index in [0.29, 0.717) is 10.9 Å². The van der Waals surface area contributed by atoms with Gasteiger partial charge in [-0.05, 0) is 25.1 Å². The molecule has 1 amide bonds. The number of carbonyl (C=O) groups is 1. The van der Waals surface area contributed by atoms with Gasteiger partial charge in [-0.2, -0.15) is 0 Å². The molecule has 2 heterocycles. The number of nitro benzene ring substituents is 1. The maximum atomic E-state index is 12.7. The second-order valence-electron chi connectivity index (χ2n) is 6.06. The van der Waals surface area contributed by atoms with Crippen LogP contribution in [-0.4, -0.2) is 37.8 Å². The number of non-ortho nitro benzene ring substituents is 1. The lowest BCUT2D eigenvalue weighted by molar-refractivity contribution is -0.384. The normalized spacial score (nSPS) is 12.2. The lowest BCUT2D eigenvalue weighted by atomic mass is 10.2. The average molecular weight is 429 g/mol. The third kappa shape index (κ3) is 3.61. The highest BCUT2D eigenvalue weighted by Gasteiger charge is 2.22. The lowest BCUT2D eigenvalue weighted by Gasteiger charge is -2.13. The van der Waals surface area contributed by atoms with Gasteiger partial charge in [0.15, 0.2) is 5.16 Å². The zero-order chi connectivity index (χ0) is 20.5. The number of rotatable bonds is 6. The number of thioether (sulfide) groups is 1. The summed E-state index contributed by atoms with van der Waals surface area (Å²) < 4.78 is 8.19. The molecule has 2 aromatic heterocycles. The molecule has 0 aliphatic carbocycles. The molecule has 11 heteroatoms. The van der Waals surface area contributed by atoms with Crippen molar-refractivity contribution in [1.82, 2.24) is 14.6 Å². The Kier molecular flexibility index (Phi) is 5.07. The van der Waals surface area contributed by atoms with Crippen molar-refractivity contribution in [2.24, 2.45) is 0 Å². The molecular formula is C18H15N5O4S2. The number of hydrogen-bond acceptors (Lipinski definition) is 8. The van der Waals surface area contributed by atoms with Crippen LogP contribution in [0.1, 0.15) is 6.92 Å². The largest absolute Gasteiger partial charge is 0.495 e. The first-order valence-electron chi connectivity index (χ1n) is 8.50. The van der Waals surface area contributed by atoms with Crippen LogP contribution in [-0.2, 0) is 4.79 Å². The molecule has 148 valence electrons. The summed E-state index contributed by atoms with van der Waals surface area (Å²) in [6, 6.07) is 11.9. The second kappa shape index (κ2) is 7.68. The van der Waals surface area contributed by atoms with E-state index in [1.807, 2.05) is 28.7 Å². The van der Waals surface area contributed by atoms with Gasteiger partial charge in [0.25, 0.3) is 5.69 Å². The number of carbonyl (C=O) groups excluding carboxylic acids is 1. The molecular weight excluding hydrogens is 414 g/mol. The number of hydrogen-bond donors (Lipinski definition) is 1. The van der Waals surface area contributed by atoms with Gasteiger partial charge in [-0.15, -0.1) is 10.2 Å². The average Bonchev–Trinajstić information content (AvgIpc) is 3.27. The minimum absolute atomic E-state index is 0.134. The van der Waals surface area contributed by atoms with E-state index in [4.69, 9.17) is 4.74 Å². The quantitative estimate of drug-likeness (QED) is 0.280. The highest BCUT2D eigenvalue weighted by Crippen LogP contribution is 2.33. The van der Waals surface area contributed by atoms with Crippen LogP contribution in [0.3, 0.4) is 0 Å². The number of para-hydroxylation sites is 1. The van der Waals surface area contributed by atoms with Crippen molar-refractivity contribution in [1.29, 1.82) is 0 Å². The van der Waals surface area contributed by atoms with Crippen LogP contribution < -0.4 is 10.1 Å². The molecule has 0 aliphatic heterocycles. The van der Waals surface area contributed by atoms with Crippen molar-refractivity contribution >= 4 is 55.6 Å². The van der Waals surface area contributed by atoms with Crippen LogP contribution in [0.15, 0.2) is 47.6 Å². The zero-order valence-corrected chi connectivity index (χ0v) is 17.0. The van der Waals surface area contributed by atoms with E-state index in [1.165, 1.54) is 48.4 Å². The van der Waals surface area contributed by atoms with Crippen LogP contribution in [0.2, 0.25) is 0 Å². The number of fused-ring (bicyclic) bond motifs is 3. The maximum Gasteiger partial charge on any atom is 0.271 e. The van der Waals surface area contributed by atoms with Crippen LogP contribution in [0.4, 0.5) is 11.4 Å². The van der Waals surface area contributed by atoms with E-state index in [1.54, 1.807) is 6.92 Å². The molecule has 1 atom stereocenters. The number of nitrogens with one attached hydrogen (secondary N) is 1. The summed E-state index contributed by atoms with van der Waals surface area (Å²) in [5.41, 5.74) is 1.09. The number of amides is 1. The smallest absolute Gasteiger partial charge is 0.271 e. The second-order valence-corrected chi connectivity index (χ2v) is 8.38. The van der Waals surface area contributed by atoms with Gasteiger partial charge in [0.1, 0.15) is 5.75 Å². The van der Waals surface area contributed by atoms with E-state index in [9.17, 15) is 14.9 Å². The third-order valence-electron chi connectivity index (χ3n) is 4.21.